The number of sulfone groups is 1. The molecule has 0 spiro atoms. The van der Waals surface area contributed by atoms with Crippen molar-refractivity contribution in [2.24, 2.45) is 0 Å². The lowest BCUT2D eigenvalue weighted by atomic mass is 10.0. The van der Waals surface area contributed by atoms with Crippen LogP contribution in [0, 0.1) is 5.82 Å². The third kappa shape index (κ3) is 4.61. The molecule has 3 heterocycles. The molecule has 3 aromatic rings. The monoisotopic (exact) mass is 471 g/mol. The molecule has 0 fully saturated rings. The summed E-state index contributed by atoms with van der Waals surface area (Å²) < 4.78 is 38.9. The minimum atomic E-state index is -3.46. The maximum absolute atomic E-state index is 13.4. The van der Waals surface area contributed by atoms with Gasteiger partial charge in [0.05, 0.1) is 29.3 Å². The van der Waals surface area contributed by atoms with Crippen LogP contribution in [0.15, 0.2) is 53.8 Å². The molecule has 2 amide bonds. The van der Waals surface area contributed by atoms with Crippen molar-refractivity contribution in [3.05, 3.63) is 65.9 Å². The van der Waals surface area contributed by atoms with E-state index in [4.69, 9.17) is 0 Å². The van der Waals surface area contributed by atoms with Crippen molar-refractivity contribution in [3.8, 4) is 5.69 Å². The van der Waals surface area contributed by atoms with Crippen molar-refractivity contribution in [2.45, 2.75) is 50.2 Å². The molecular weight excluding hydrogens is 445 g/mol. The van der Waals surface area contributed by atoms with E-state index in [-0.39, 0.29) is 29.0 Å². The van der Waals surface area contributed by atoms with Crippen LogP contribution in [0.5, 0.6) is 0 Å². The number of halogens is 1. The zero-order valence-corrected chi connectivity index (χ0v) is 19.5. The van der Waals surface area contributed by atoms with Crippen molar-refractivity contribution in [3.63, 3.8) is 0 Å². The molecule has 1 aliphatic heterocycles. The zero-order valence-electron chi connectivity index (χ0n) is 18.7. The number of hydrogen-bond donors (Lipinski definition) is 1. The van der Waals surface area contributed by atoms with E-state index >= 15 is 0 Å². The van der Waals surface area contributed by atoms with Crippen molar-refractivity contribution < 1.29 is 17.6 Å². The predicted molar refractivity (Wildman–Crippen MR) is 123 cm³/mol. The van der Waals surface area contributed by atoms with Crippen LogP contribution in [0.25, 0.3) is 5.69 Å². The third-order valence-corrected chi connectivity index (χ3v) is 6.87. The molecule has 0 saturated carbocycles. The van der Waals surface area contributed by atoms with Crippen LogP contribution in [0.3, 0.4) is 0 Å². The van der Waals surface area contributed by atoms with E-state index in [1.54, 1.807) is 34.0 Å². The van der Waals surface area contributed by atoms with Crippen LogP contribution in [0.1, 0.15) is 44.0 Å². The second kappa shape index (κ2) is 8.93. The Bertz CT molecular complexity index is 1270. The third-order valence-electron chi connectivity index (χ3n) is 5.88. The van der Waals surface area contributed by atoms with Gasteiger partial charge < -0.3 is 5.32 Å². The number of nitrogens with one attached hydrogen (secondary N) is 1. The molecule has 1 aromatic carbocycles. The standard InChI is InChI=1S/C23H26FN5O3S/c1-4-19(16-11-12-25-22(13-16)33(3,31)32)27-23(30)28-15(2)5-10-20-21(28)14-26-29(20)18-8-6-17(24)7-9-18/h6-9,11-15,19H,4-5,10H2,1-3H3,(H,27,30)/t15-,19-/m0/s1. The fourth-order valence-corrected chi connectivity index (χ4v) is 4.71. The van der Waals surface area contributed by atoms with Crippen molar-refractivity contribution in [2.75, 3.05) is 11.2 Å². The van der Waals surface area contributed by atoms with E-state index in [1.807, 2.05) is 13.8 Å². The van der Waals surface area contributed by atoms with Crippen LogP contribution >= 0.6 is 0 Å². The summed E-state index contributed by atoms with van der Waals surface area (Å²) in [6, 6.07) is 8.56. The highest BCUT2D eigenvalue weighted by Crippen LogP contribution is 2.33. The molecule has 174 valence electrons. The number of urea groups is 1. The summed E-state index contributed by atoms with van der Waals surface area (Å²) in [6.45, 7) is 3.90. The minimum Gasteiger partial charge on any atom is -0.331 e. The van der Waals surface area contributed by atoms with Gasteiger partial charge in [-0.3, -0.25) is 4.90 Å². The summed E-state index contributed by atoms with van der Waals surface area (Å²) in [6.07, 6.45) is 6.25. The molecule has 4 rings (SSSR count). The number of rotatable bonds is 5. The Balaban J connectivity index is 1.62. The van der Waals surface area contributed by atoms with E-state index in [2.05, 4.69) is 15.4 Å². The van der Waals surface area contributed by atoms with Gasteiger partial charge in [0, 0.05) is 18.5 Å². The molecule has 1 aliphatic rings. The number of pyridine rings is 1. The second-order valence-corrected chi connectivity index (χ2v) is 10.2. The number of benzene rings is 1. The average Bonchev–Trinajstić information content (AvgIpc) is 3.21. The van der Waals surface area contributed by atoms with Gasteiger partial charge in [-0.25, -0.2) is 27.3 Å². The molecule has 8 nitrogen and oxygen atoms in total. The number of amides is 2. The Morgan fingerprint density at radius 1 is 1.27 bits per heavy atom. The summed E-state index contributed by atoms with van der Waals surface area (Å²) in [5.74, 6) is -0.324. The van der Waals surface area contributed by atoms with Crippen LogP contribution in [-0.4, -0.2) is 41.5 Å². The molecule has 10 heteroatoms. The Labute approximate surface area is 192 Å². The van der Waals surface area contributed by atoms with Crippen molar-refractivity contribution in [1.29, 1.82) is 0 Å². The van der Waals surface area contributed by atoms with E-state index in [1.165, 1.54) is 24.4 Å². The van der Waals surface area contributed by atoms with E-state index < -0.39 is 9.84 Å². The van der Waals surface area contributed by atoms with E-state index in [0.717, 1.165) is 30.5 Å². The molecule has 0 saturated heterocycles. The van der Waals surface area contributed by atoms with Gasteiger partial charge in [-0.05, 0) is 68.1 Å². The predicted octanol–water partition coefficient (Wildman–Crippen LogP) is 3.81. The lowest BCUT2D eigenvalue weighted by Crippen LogP contribution is -2.48. The Hall–Kier alpha value is -3.27. The fraction of sp³-hybridized carbons (Fsp3) is 0.348. The lowest BCUT2D eigenvalue weighted by Gasteiger charge is -2.34. The van der Waals surface area contributed by atoms with E-state index in [9.17, 15) is 17.6 Å². The van der Waals surface area contributed by atoms with Gasteiger partial charge in [0.15, 0.2) is 14.9 Å². The van der Waals surface area contributed by atoms with Gasteiger partial charge >= 0.3 is 6.03 Å². The highest BCUT2D eigenvalue weighted by Gasteiger charge is 2.32. The molecule has 0 radical (unpaired) electrons. The number of carbonyl (C=O) groups is 1. The fourth-order valence-electron chi connectivity index (χ4n) is 4.11. The van der Waals surface area contributed by atoms with Gasteiger partial charge in [0.25, 0.3) is 0 Å². The molecule has 33 heavy (non-hydrogen) atoms. The largest absolute Gasteiger partial charge is 0.331 e. The van der Waals surface area contributed by atoms with Gasteiger partial charge in [-0.15, -0.1) is 0 Å². The first-order valence-corrected chi connectivity index (χ1v) is 12.7. The van der Waals surface area contributed by atoms with Crippen LogP contribution in [0.2, 0.25) is 0 Å². The normalized spacial score (nSPS) is 16.8. The maximum Gasteiger partial charge on any atom is 0.322 e. The molecule has 0 unspecified atom stereocenters. The zero-order chi connectivity index (χ0) is 23.8. The Kier molecular flexibility index (Phi) is 6.20. The first-order chi connectivity index (χ1) is 15.7. The van der Waals surface area contributed by atoms with Crippen LogP contribution < -0.4 is 10.2 Å². The van der Waals surface area contributed by atoms with Crippen molar-refractivity contribution in [1.82, 2.24) is 20.1 Å². The highest BCUT2D eigenvalue weighted by atomic mass is 32.2. The molecule has 0 aliphatic carbocycles. The summed E-state index contributed by atoms with van der Waals surface area (Å²) in [5, 5.41) is 7.47. The maximum atomic E-state index is 13.4. The van der Waals surface area contributed by atoms with E-state index in [0.29, 0.717) is 17.7 Å². The minimum absolute atomic E-state index is 0.0260. The summed E-state index contributed by atoms with van der Waals surface area (Å²) in [4.78, 5) is 19.0. The van der Waals surface area contributed by atoms with Gasteiger partial charge in [-0.2, -0.15) is 5.10 Å². The molecule has 0 bridgehead atoms. The summed E-state index contributed by atoms with van der Waals surface area (Å²) >= 11 is 0. The summed E-state index contributed by atoms with van der Waals surface area (Å²) in [7, 11) is -3.46. The van der Waals surface area contributed by atoms with Gasteiger partial charge in [0.1, 0.15) is 5.82 Å². The molecular formula is C23H26FN5O3S. The SMILES string of the molecule is CC[C@H](NC(=O)N1c2cnn(-c3ccc(F)cc3)c2CC[C@@H]1C)c1ccnc(S(C)(=O)=O)c1. The summed E-state index contributed by atoms with van der Waals surface area (Å²) in [5.41, 5.74) is 2.99. The number of hydrogen-bond acceptors (Lipinski definition) is 5. The quantitative estimate of drug-likeness (QED) is 0.610. The number of carbonyl (C=O) groups excluding carboxylic acids is 1. The van der Waals surface area contributed by atoms with Crippen LogP contribution in [0.4, 0.5) is 14.9 Å². The molecule has 2 aromatic heterocycles. The highest BCUT2D eigenvalue weighted by molar-refractivity contribution is 7.90. The van der Waals surface area contributed by atoms with Crippen molar-refractivity contribution >= 4 is 21.6 Å². The Morgan fingerprint density at radius 3 is 2.67 bits per heavy atom. The Morgan fingerprint density at radius 2 is 2.00 bits per heavy atom. The average molecular weight is 472 g/mol. The smallest absolute Gasteiger partial charge is 0.322 e. The topological polar surface area (TPSA) is 97.2 Å². The number of aromatic nitrogens is 3. The number of fused-ring (bicyclic) bond motifs is 1. The van der Waals surface area contributed by atoms with Crippen LogP contribution in [-0.2, 0) is 16.3 Å². The number of anilines is 1. The molecule has 1 N–H and O–H groups in total. The second-order valence-electron chi connectivity index (χ2n) is 8.23. The molecule has 2 atom stereocenters. The number of nitrogens with zero attached hydrogens (tertiary/aromatic N) is 4. The first-order valence-electron chi connectivity index (χ1n) is 10.8. The van der Waals surface area contributed by atoms with Gasteiger partial charge in [-0.1, -0.05) is 6.92 Å². The van der Waals surface area contributed by atoms with Gasteiger partial charge in [0.2, 0.25) is 0 Å². The lowest BCUT2D eigenvalue weighted by molar-refractivity contribution is 0.239. The first kappa shape index (κ1) is 22.9.